The molecule has 15 heavy (non-hydrogen) atoms. The Labute approximate surface area is 96.7 Å². The van der Waals surface area contributed by atoms with Gasteiger partial charge in [0.15, 0.2) is 0 Å². The van der Waals surface area contributed by atoms with Crippen LogP contribution in [-0.2, 0) is 4.79 Å². The van der Waals surface area contributed by atoms with Gasteiger partial charge in [-0.2, -0.15) is 12.6 Å². The lowest BCUT2D eigenvalue weighted by molar-refractivity contribution is -0.130. The lowest BCUT2D eigenvalue weighted by Gasteiger charge is -2.28. The van der Waals surface area contributed by atoms with Crippen LogP contribution in [0.3, 0.4) is 0 Å². The Kier molecular flexibility index (Phi) is 4.69. The van der Waals surface area contributed by atoms with E-state index in [1.165, 1.54) is 0 Å². The molecule has 0 aliphatic carbocycles. The van der Waals surface area contributed by atoms with Crippen molar-refractivity contribution in [3.8, 4) is 0 Å². The largest absolute Gasteiger partial charge is 0.335 e. The van der Waals surface area contributed by atoms with Gasteiger partial charge in [0.05, 0.1) is 6.04 Å². The van der Waals surface area contributed by atoms with Gasteiger partial charge in [-0.3, -0.25) is 4.79 Å². The fourth-order valence-electron chi connectivity index (χ4n) is 1.64. The first kappa shape index (κ1) is 12.1. The fourth-order valence-corrected chi connectivity index (χ4v) is 1.86. The molecule has 1 aromatic carbocycles. The normalized spacial score (nSPS) is 12.2. The van der Waals surface area contributed by atoms with Crippen LogP contribution in [0.15, 0.2) is 30.3 Å². The van der Waals surface area contributed by atoms with Crippen LogP contribution in [0.25, 0.3) is 0 Å². The van der Waals surface area contributed by atoms with Gasteiger partial charge in [0.25, 0.3) is 0 Å². The van der Waals surface area contributed by atoms with Gasteiger partial charge in [0.1, 0.15) is 0 Å². The number of nitrogens with zero attached hydrogens (tertiary/aromatic N) is 1. The molecule has 1 unspecified atom stereocenters. The number of carbonyl (C=O) groups is 1. The summed E-state index contributed by atoms with van der Waals surface area (Å²) >= 11 is 4.17. The molecule has 0 N–H and O–H groups in total. The zero-order valence-electron chi connectivity index (χ0n) is 9.18. The molecule has 0 saturated carbocycles. The summed E-state index contributed by atoms with van der Waals surface area (Å²) in [5, 5.41) is 0. The van der Waals surface area contributed by atoms with E-state index >= 15 is 0 Å². The molecule has 1 rings (SSSR count). The highest BCUT2D eigenvalue weighted by molar-refractivity contribution is 7.80. The van der Waals surface area contributed by atoms with Crippen LogP contribution in [0, 0.1) is 0 Å². The smallest absolute Gasteiger partial charge is 0.219 e. The molecular weight excluding hydrogens is 206 g/mol. The maximum atomic E-state index is 11.4. The molecule has 82 valence electrons. The minimum atomic E-state index is 0.0976. The molecule has 0 bridgehead atoms. The van der Waals surface area contributed by atoms with Gasteiger partial charge >= 0.3 is 0 Å². The Balaban J connectivity index is 2.81. The summed E-state index contributed by atoms with van der Waals surface area (Å²) in [6.45, 7) is 4.33. The van der Waals surface area contributed by atoms with Gasteiger partial charge in [0, 0.05) is 19.2 Å². The van der Waals surface area contributed by atoms with E-state index in [1.807, 2.05) is 42.2 Å². The van der Waals surface area contributed by atoms with E-state index in [4.69, 9.17) is 0 Å². The third-order valence-electron chi connectivity index (χ3n) is 2.49. The number of benzene rings is 1. The molecule has 1 atom stereocenters. The number of hydrogen-bond acceptors (Lipinski definition) is 2. The molecule has 2 nitrogen and oxygen atoms in total. The molecule has 0 heterocycles. The lowest BCUT2D eigenvalue weighted by Crippen LogP contribution is -2.33. The standard InChI is InChI=1S/C12H17NOS/c1-10(12-6-4-3-5-7-12)13(8-9-15)11(2)14/h3-7,10,15H,8-9H2,1-2H3. The van der Waals surface area contributed by atoms with Gasteiger partial charge in [-0.1, -0.05) is 30.3 Å². The maximum Gasteiger partial charge on any atom is 0.219 e. The van der Waals surface area contributed by atoms with Crippen molar-refractivity contribution in [1.29, 1.82) is 0 Å². The van der Waals surface area contributed by atoms with E-state index in [1.54, 1.807) is 6.92 Å². The van der Waals surface area contributed by atoms with E-state index < -0.39 is 0 Å². The van der Waals surface area contributed by atoms with Gasteiger partial charge in [-0.15, -0.1) is 0 Å². The van der Waals surface area contributed by atoms with Crippen molar-refractivity contribution in [2.45, 2.75) is 19.9 Å². The lowest BCUT2D eigenvalue weighted by atomic mass is 10.1. The molecule has 1 aromatic rings. The summed E-state index contributed by atoms with van der Waals surface area (Å²) in [6.07, 6.45) is 0. The third-order valence-corrected chi connectivity index (χ3v) is 2.69. The summed E-state index contributed by atoms with van der Waals surface area (Å²) < 4.78 is 0. The molecule has 3 heteroatoms. The average molecular weight is 223 g/mol. The van der Waals surface area contributed by atoms with Crippen LogP contribution in [0.1, 0.15) is 25.5 Å². The van der Waals surface area contributed by atoms with Gasteiger partial charge in [-0.05, 0) is 12.5 Å². The first-order valence-corrected chi connectivity index (χ1v) is 5.73. The van der Waals surface area contributed by atoms with Crippen LogP contribution in [0.4, 0.5) is 0 Å². The van der Waals surface area contributed by atoms with E-state index in [-0.39, 0.29) is 11.9 Å². The summed E-state index contributed by atoms with van der Waals surface area (Å²) in [4.78, 5) is 13.3. The highest BCUT2D eigenvalue weighted by Gasteiger charge is 2.16. The van der Waals surface area contributed by atoms with Crippen LogP contribution in [0.2, 0.25) is 0 Å². The van der Waals surface area contributed by atoms with Crippen LogP contribution < -0.4 is 0 Å². The van der Waals surface area contributed by atoms with Crippen LogP contribution >= 0.6 is 12.6 Å². The highest BCUT2D eigenvalue weighted by atomic mass is 32.1. The maximum absolute atomic E-state index is 11.4. The predicted octanol–water partition coefficient (Wildman–Crippen LogP) is 2.53. The zero-order valence-corrected chi connectivity index (χ0v) is 10.1. The van der Waals surface area contributed by atoms with Gasteiger partial charge in [0.2, 0.25) is 5.91 Å². The zero-order chi connectivity index (χ0) is 11.3. The number of carbonyl (C=O) groups excluding carboxylic acids is 1. The quantitative estimate of drug-likeness (QED) is 0.778. The second kappa shape index (κ2) is 5.81. The SMILES string of the molecule is CC(=O)N(CCS)C(C)c1ccccc1. The average Bonchev–Trinajstić information content (AvgIpc) is 2.26. The van der Waals surface area contributed by atoms with Crippen molar-refractivity contribution >= 4 is 18.5 Å². The first-order valence-electron chi connectivity index (χ1n) is 5.10. The van der Waals surface area contributed by atoms with Gasteiger partial charge in [-0.25, -0.2) is 0 Å². The molecule has 0 aromatic heterocycles. The van der Waals surface area contributed by atoms with Crippen molar-refractivity contribution in [2.24, 2.45) is 0 Å². The minimum Gasteiger partial charge on any atom is -0.335 e. The molecule has 1 amide bonds. The molecular formula is C12H17NOS. The Bertz CT molecular complexity index is 313. The Hall–Kier alpha value is -0.960. The van der Waals surface area contributed by atoms with Crippen molar-refractivity contribution in [1.82, 2.24) is 4.90 Å². The molecule has 0 aliphatic heterocycles. The summed E-state index contributed by atoms with van der Waals surface area (Å²) in [7, 11) is 0. The molecule has 0 saturated heterocycles. The molecule has 0 radical (unpaired) electrons. The van der Waals surface area contributed by atoms with E-state index in [0.29, 0.717) is 12.3 Å². The Morgan fingerprint density at radius 1 is 1.40 bits per heavy atom. The van der Waals surface area contributed by atoms with Crippen LogP contribution in [-0.4, -0.2) is 23.1 Å². The van der Waals surface area contributed by atoms with Crippen LogP contribution in [0.5, 0.6) is 0 Å². The Morgan fingerprint density at radius 3 is 2.47 bits per heavy atom. The number of hydrogen-bond donors (Lipinski definition) is 1. The Morgan fingerprint density at radius 2 is 2.00 bits per heavy atom. The van der Waals surface area contributed by atoms with Crippen molar-refractivity contribution in [3.05, 3.63) is 35.9 Å². The number of rotatable bonds is 4. The monoisotopic (exact) mass is 223 g/mol. The van der Waals surface area contributed by atoms with E-state index in [9.17, 15) is 4.79 Å². The highest BCUT2D eigenvalue weighted by Crippen LogP contribution is 2.19. The third kappa shape index (κ3) is 3.27. The fraction of sp³-hybridized carbons (Fsp3) is 0.417. The topological polar surface area (TPSA) is 20.3 Å². The number of amides is 1. The molecule has 0 spiro atoms. The summed E-state index contributed by atoms with van der Waals surface area (Å²) in [5.41, 5.74) is 1.16. The van der Waals surface area contributed by atoms with E-state index in [2.05, 4.69) is 12.6 Å². The predicted molar refractivity (Wildman–Crippen MR) is 66.1 cm³/mol. The molecule has 0 fully saturated rings. The van der Waals surface area contributed by atoms with Gasteiger partial charge < -0.3 is 4.90 Å². The summed E-state index contributed by atoms with van der Waals surface area (Å²) in [6, 6.07) is 10.2. The first-order chi connectivity index (χ1) is 7.16. The minimum absolute atomic E-state index is 0.0976. The second-order valence-electron chi connectivity index (χ2n) is 3.52. The second-order valence-corrected chi connectivity index (χ2v) is 3.97. The van der Waals surface area contributed by atoms with Crippen molar-refractivity contribution in [3.63, 3.8) is 0 Å². The van der Waals surface area contributed by atoms with Crippen molar-refractivity contribution in [2.75, 3.05) is 12.3 Å². The summed E-state index contributed by atoms with van der Waals surface area (Å²) in [5.74, 6) is 0.789. The van der Waals surface area contributed by atoms with E-state index in [0.717, 1.165) is 5.56 Å². The number of thiol groups is 1. The molecule has 0 aliphatic rings. The van der Waals surface area contributed by atoms with Crippen molar-refractivity contribution < 1.29 is 4.79 Å².